The Kier molecular flexibility index (Phi) is 5.51. The van der Waals surface area contributed by atoms with Crippen molar-refractivity contribution in [2.45, 2.75) is 37.1 Å². The molecule has 0 spiro atoms. The predicted molar refractivity (Wildman–Crippen MR) is 119 cm³/mol. The number of aryl methyl sites for hydroxylation is 2. The maximum atomic E-state index is 12.8. The fraction of sp³-hybridized carbons (Fsp3) is 0.292. The molecule has 0 amide bonds. The number of carbonyl (C=O) groups excluding carboxylic acids is 1. The van der Waals surface area contributed by atoms with Crippen molar-refractivity contribution in [3.05, 3.63) is 77.6 Å². The molecule has 0 unspecified atom stereocenters. The molecule has 31 heavy (non-hydrogen) atoms. The highest BCUT2D eigenvalue weighted by Crippen LogP contribution is 2.36. The van der Waals surface area contributed by atoms with Gasteiger partial charge in [0.2, 0.25) is 0 Å². The van der Waals surface area contributed by atoms with Gasteiger partial charge in [-0.1, -0.05) is 42.1 Å². The summed E-state index contributed by atoms with van der Waals surface area (Å²) in [5.74, 6) is 2.48. The van der Waals surface area contributed by atoms with E-state index in [1.54, 1.807) is 6.08 Å². The SMILES string of the molecule is C=CCn1c(SCC(=O)c2ccc3c(c2)CCC3)nnc1[C@H]1COc2ccccc2O1. The Hall–Kier alpha value is -3.06. The molecule has 2 aliphatic rings. The lowest BCUT2D eigenvalue weighted by Crippen LogP contribution is -2.25. The van der Waals surface area contributed by atoms with Crippen LogP contribution in [0.15, 0.2) is 60.3 Å². The first-order chi connectivity index (χ1) is 15.2. The van der Waals surface area contributed by atoms with Gasteiger partial charge in [0.1, 0.15) is 6.61 Å². The molecule has 158 valence electrons. The van der Waals surface area contributed by atoms with Crippen molar-refractivity contribution < 1.29 is 14.3 Å². The van der Waals surface area contributed by atoms with E-state index in [1.807, 2.05) is 34.9 Å². The second-order valence-electron chi connectivity index (χ2n) is 7.65. The van der Waals surface area contributed by atoms with Crippen molar-refractivity contribution in [1.29, 1.82) is 0 Å². The molecule has 0 fully saturated rings. The van der Waals surface area contributed by atoms with Crippen LogP contribution in [0.5, 0.6) is 11.5 Å². The monoisotopic (exact) mass is 433 g/mol. The molecule has 0 saturated heterocycles. The van der Waals surface area contributed by atoms with Gasteiger partial charge in [0.05, 0.1) is 5.75 Å². The molecule has 2 heterocycles. The summed E-state index contributed by atoms with van der Waals surface area (Å²) in [7, 11) is 0. The third kappa shape index (κ3) is 3.97. The van der Waals surface area contributed by atoms with Crippen LogP contribution >= 0.6 is 11.8 Å². The average Bonchev–Trinajstić information content (AvgIpc) is 3.44. The highest BCUT2D eigenvalue weighted by atomic mass is 32.2. The van der Waals surface area contributed by atoms with Gasteiger partial charge in [-0.3, -0.25) is 9.36 Å². The fourth-order valence-electron chi connectivity index (χ4n) is 4.05. The van der Waals surface area contributed by atoms with E-state index >= 15 is 0 Å². The van der Waals surface area contributed by atoms with Crippen molar-refractivity contribution in [1.82, 2.24) is 14.8 Å². The number of Topliss-reactive ketones (excluding diaryl/α,β-unsaturated/α-hetero) is 1. The summed E-state index contributed by atoms with van der Waals surface area (Å²) in [6.45, 7) is 4.73. The molecule has 6 nitrogen and oxygen atoms in total. The van der Waals surface area contributed by atoms with Gasteiger partial charge in [-0.05, 0) is 48.6 Å². The van der Waals surface area contributed by atoms with Crippen molar-refractivity contribution in [2.24, 2.45) is 0 Å². The lowest BCUT2D eigenvalue weighted by atomic mass is 10.0. The number of thioether (sulfide) groups is 1. The maximum Gasteiger partial charge on any atom is 0.192 e. The van der Waals surface area contributed by atoms with Crippen LogP contribution in [0.25, 0.3) is 0 Å². The van der Waals surface area contributed by atoms with Crippen molar-refractivity contribution in [2.75, 3.05) is 12.4 Å². The zero-order valence-corrected chi connectivity index (χ0v) is 17.9. The van der Waals surface area contributed by atoms with Crippen LogP contribution in [0.3, 0.4) is 0 Å². The summed E-state index contributed by atoms with van der Waals surface area (Å²) in [6.07, 6.45) is 4.77. The van der Waals surface area contributed by atoms with Gasteiger partial charge in [-0.2, -0.15) is 0 Å². The predicted octanol–water partition coefficient (Wildman–Crippen LogP) is 4.44. The zero-order chi connectivity index (χ0) is 21.2. The molecule has 0 saturated carbocycles. The molecule has 0 bridgehead atoms. The molecule has 7 heteroatoms. The molecule has 1 aliphatic carbocycles. The largest absolute Gasteiger partial charge is 0.485 e. The minimum Gasteiger partial charge on any atom is -0.485 e. The number of benzene rings is 2. The number of aromatic nitrogens is 3. The number of ketones is 1. The van der Waals surface area contributed by atoms with Gasteiger partial charge >= 0.3 is 0 Å². The Bertz CT molecular complexity index is 1140. The number of hydrogen-bond acceptors (Lipinski definition) is 6. The second kappa shape index (κ2) is 8.59. The van der Waals surface area contributed by atoms with Gasteiger partial charge < -0.3 is 9.47 Å². The molecule has 1 aliphatic heterocycles. The number of allylic oxidation sites excluding steroid dienone is 1. The van der Waals surface area contributed by atoms with Gasteiger partial charge in [0.15, 0.2) is 34.4 Å². The van der Waals surface area contributed by atoms with Crippen LogP contribution < -0.4 is 9.47 Å². The van der Waals surface area contributed by atoms with E-state index in [0.29, 0.717) is 35.6 Å². The molecule has 1 atom stereocenters. The number of nitrogens with zero attached hydrogens (tertiary/aromatic N) is 3. The Morgan fingerprint density at radius 3 is 2.87 bits per heavy atom. The number of ether oxygens (including phenoxy) is 2. The third-order valence-corrected chi connectivity index (χ3v) is 6.57. The average molecular weight is 434 g/mol. The fourth-order valence-corrected chi connectivity index (χ4v) is 4.90. The second-order valence-corrected chi connectivity index (χ2v) is 8.60. The van der Waals surface area contributed by atoms with Crippen molar-refractivity contribution >= 4 is 17.5 Å². The van der Waals surface area contributed by atoms with E-state index in [4.69, 9.17) is 9.47 Å². The van der Waals surface area contributed by atoms with Gasteiger partial charge in [0.25, 0.3) is 0 Å². The van der Waals surface area contributed by atoms with E-state index in [-0.39, 0.29) is 11.9 Å². The number of rotatable bonds is 7. The molecule has 3 aromatic rings. The summed E-state index contributed by atoms with van der Waals surface area (Å²) >= 11 is 1.39. The standard InChI is InChI=1S/C24H23N3O3S/c1-2-12-27-23(22-14-29-20-8-3-4-9-21(20)30-22)25-26-24(27)31-15-19(28)18-11-10-16-6-5-7-17(16)13-18/h2-4,8-11,13,22H,1,5-7,12,14-15H2/t22-/m1/s1. The Morgan fingerprint density at radius 2 is 2.00 bits per heavy atom. The molecule has 0 N–H and O–H groups in total. The van der Waals surface area contributed by atoms with E-state index in [9.17, 15) is 4.79 Å². The maximum absolute atomic E-state index is 12.8. The van der Waals surface area contributed by atoms with Crippen LogP contribution in [0.4, 0.5) is 0 Å². The summed E-state index contributed by atoms with van der Waals surface area (Å²) in [5, 5.41) is 9.36. The molecule has 2 aromatic carbocycles. The summed E-state index contributed by atoms with van der Waals surface area (Å²) in [6, 6.07) is 13.7. The minimum atomic E-state index is -0.371. The number of hydrogen-bond donors (Lipinski definition) is 0. The zero-order valence-electron chi connectivity index (χ0n) is 17.1. The smallest absolute Gasteiger partial charge is 0.192 e. The molecule has 1 aromatic heterocycles. The molecular formula is C24H23N3O3S. The minimum absolute atomic E-state index is 0.0978. The first-order valence-corrected chi connectivity index (χ1v) is 11.4. The summed E-state index contributed by atoms with van der Waals surface area (Å²) in [5.41, 5.74) is 3.45. The Balaban J connectivity index is 1.31. The van der Waals surface area contributed by atoms with E-state index in [0.717, 1.165) is 24.2 Å². The van der Waals surface area contributed by atoms with Crippen molar-refractivity contribution in [3.63, 3.8) is 0 Å². The van der Waals surface area contributed by atoms with Crippen LogP contribution in [0.2, 0.25) is 0 Å². The molecular weight excluding hydrogens is 410 g/mol. The van der Waals surface area contributed by atoms with Gasteiger partial charge in [0, 0.05) is 12.1 Å². The first kappa shape index (κ1) is 19.9. The van der Waals surface area contributed by atoms with Crippen LogP contribution in [0, 0.1) is 0 Å². The molecule has 5 rings (SSSR count). The van der Waals surface area contributed by atoms with Crippen LogP contribution in [-0.4, -0.2) is 32.9 Å². The van der Waals surface area contributed by atoms with E-state index in [1.165, 1.54) is 29.3 Å². The third-order valence-electron chi connectivity index (χ3n) is 5.61. The van der Waals surface area contributed by atoms with Gasteiger partial charge in [-0.25, -0.2) is 0 Å². The normalized spacial score (nSPS) is 16.7. The number of fused-ring (bicyclic) bond motifs is 2. The van der Waals surface area contributed by atoms with Gasteiger partial charge in [-0.15, -0.1) is 16.8 Å². The highest BCUT2D eigenvalue weighted by Gasteiger charge is 2.28. The topological polar surface area (TPSA) is 66.2 Å². The quantitative estimate of drug-likeness (QED) is 0.312. The lowest BCUT2D eigenvalue weighted by molar-refractivity contribution is 0.0821. The van der Waals surface area contributed by atoms with Crippen LogP contribution in [-0.2, 0) is 19.4 Å². The Morgan fingerprint density at radius 1 is 1.16 bits per heavy atom. The summed E-state index contributed by atoms with van der Waals surface area (Å²) in [4.78, 5) is 12.8. The molecule has 0 radical (unpaired) electrons. The van der Waals surface area contributed by atoms with E-state index in [2.05, 4.69) is 28.9 Å². The number of para-hydroxylation sites is 2. The lowest BCUT2D eigenvalue weighted by Gasteiger charge is -2.26. The number of carbonyl (C=O) groups is 1. The Labute approximate surface area is 185 Å². The summed E-state index contributed by atoms with van der Waals surface area (Å²) < 4.78 is 13.9. The first-order valence-electron chi connectivity index (χ1n) is 10.4. The highest BCUT2D eigenvalue weighted by molar-refractivity contribution is 7.99. The van der Waals surface area contributed by atoms with E-state index < -0.39 is 0 Å². The van der Waals surface area contributed by atoms with Crippen molar-refractivity contribution in [3.8, 4) is 11.5 Å². The van der Waals surface area contributed by atoms with Crippen LogP contribution in [0.1, 0.15) is 39.8 Å².